The Labute approximate surface area is 174 Å². The number of aromatic carboxylic acids is 1. The number of benzene rings is 2. The number of alkyl halides is 1. The Morgan fingerprint density at radius 3 is 2.73 bits per heavy atom. The SMILES string of the molecule is Cc1cccc(-c2nc(N(/N=C/c3ccc(F)cc3C(=O)O)C3CC3F)sc2F)c1. The van der Waals surface area contributed by atoms with Crippen LogP contribution in [0.2, 0.25) is 0 Å². The molecule has 3 aromatic rings. The third-order valence-electron chi connectivity index (χ3n) is 4.62. The molecule has 2 unspecified atom stereocenters. The zero-order valence-corrected chi connectivity index (χ0v) is 16.5. The number of carbonyl (C=O) groups is 1. The first-order valence-electron chi connectivity index (χ1n) is 9.07. The van der Waals surface area contributed by atoms with Gasteiger partial charge in [0.15, 0.2) is 0 Å². The molecule has 0 aliphatic heterocycles. The minimum atomic E-state index is -1.32. The molecule has 0 bridgehead atoms. The molecule has 1 heterocycles. The number of hydrogen-bond donors (Lipinski definition) is 1. The van der Waals surface area contributed by atoms with Crippen LogP contribution in [0.4, 0.5) is 18.3 Å². The van der Waals surface area contributed by atoms with Gasteiger partial charge in [0.25, 0.3) is 0 Å². The number of aryl methyl sites for hydroxylation is 1. The Bertz CT molecular complexity index is 1150. The molecule has 0 saturated heterocycles. The summed E-state index contributed by atoms with van der Waals surface area (Å²) < 4.78 is 41.8. The first-order valence-corrected chi connectivity index (χ1v) is 9.88. The predicted octanol–water partition coefficient (Wildman–Crippen LogP) is 5.05. The zero-order valence-electron chi connectivity index (χ0n) is 15.7. The molecule has 1 aliphatic carbocycles. The maximum Gasteiger partial charge on any atom is 0.336 e. The van der Waals surface area contributed by atoms with Crippen LogP contribution in [0.25, 0.3) is 11.3 Å². The number of thiazole rings is 1. The van der Waals surface area contributed by atoms with E-state index in [9.17, 15) is 23.1 Å². The fourth-order valence-corrected chi connectivity index (χ4v) is 3.83. The highest BCUT2D eigenvalue weighted by Gasteiger charge is 2.44. The van der Waals surface area contributed by atoms with Gasteiger partial charge >= 0.3 is 5.97 Å². The summed E-state index contributed by atoms with van der Waals surface area (Å²) in [5, 5.41) is 14.3. The van der Waals surface area contributed by atoms with E-state index in [1.165, 1.54) is 17.3 Å². The summed E-state index contributed by atoms with van der Waals surface area (Å²) in [6, 6.07) is 9.82. The Balaban J connectivity index is 1.69. The average Bonchev–Trinajstić information content (AvgIpc) is 3.29. The number of carboxylic acid groups (broad SMARTS) is 1. The molecule has 0 spiro atoms. The third kappa shape index (κ3) is 4.06. The highest BCUT2D eigenvalue weighted by atomic mass is 32.1. The summed E-state index contributed by atoms with van der Waals surface area (Å²) in [6.07, 6.45) is 0.247. The Hall–Kier alpha value is -3.20. The van der Waals surface area contributed by atoms with Crippen molar-refractivity contribution in [2.75, 3.05) is 5.01 Å². The summed E-state index contributed by atoms with van der Waals surface area (Å²) in [4.78, 5) is 15.7. The van der Waals surface area contributed by atoms with Gasteiger partial charge in [-0.3, -0.25) is 0 Å². The van der Waals surface area contributed by atoms with Crippen molar-refractivity contribution in [1.82, 2.24) is 4.98 Å². The second kappa shape index (κ2) is 7.91. The number of rotatable bonds is 6. The van der Waals surface area contributed by atoms with E-state index >= 15 is 0 Å². The molecule has 0 radical (unpaired) electrons. The van der Waals surface area contributed by atoms with Gasteiger partial charge in [-0.05, 0) is 31.2 Å². The van der Waals surface area contributed by atoms with Crippen LogP contribution in [0.5, 0.6) is 0 Å². The molecule has 2 atom stereocenters. The molecule has 2 aromatic carbocycles. The smallest absolute Gasteiger partial charge is 0.336 e. The van der Waals surface area contributed by atoms with Gasteiger partial charge in [-0.1, -0.05) is 35.1 Å². The Morgan fingerprint density at radius 2 is 2.07 bits per heavy atom. The molecule has 0 amide bonds. The zero-order chi connectivity index (χ0) is 21.4. The van der Waals surface area contributed by atoms with Crippen LogP contribution >= 0.6 is 11.3 Å². The van der Waals surface area contributed by atoms with E-state index in [1.807, 2.05) is 13.0 Å². The van der Waals surface area contributed by atoms with E-state index in [4.69, 9.17) is 0 Å². The molecule has 5 nitrogen and oxygen atoms in total. The van der Waals surface area contributed by atoms with E-state index in [0.29, 0.717) is 5.56 Å². The first-order chi connectivity index (χ1) is 14.3. The first kappa shape index (κ1) is 20.1. The molecule has 1 N–H and O–H groups in total. The van der Waals surface area contributed by atoms with Crippen LogP contribution in [0.15, 0.2) is 47.6 Å². The van der Waals surface area contributed by atoms with E-state index in [1.54, 1.807) is 18.2 Å². The van der Waals surface area contributed by atoms with Crippen LogP contribution in [0.3, 0.4) is 0 Å². The number of hydrogen-bond acceptors (Lipinski definition) is 5. The third-order valence-corrected chi connectivity index (χ3v) is 5.46. The Kier molecular flexibility index (Phi) is 5.29. The summed E-state index contributed by atoms with van der Waals surface area (Å²) in [6.45, 7) is 1.88. The second-order valence-electron chi connectivity index (χ2n) is 6.93. The van der Waals surface area contributed by atoms with Crippen molar-refractivity contribution in [2.45, 2.75) is 25.6 Å². The molecule has 1 aromatic heterocycles. The minimum Gasteiger partial charge on any atom is -0.478 e. The van der Waals surface area contributed by atoms with Crippen molar-refractivity contribution < 1.29 is 23.1 Å². The molecule has 1 fully saturated rings. The van der Waals surface area contributed by atoms with Crippen LogP contribution in [0.1, 0.15) is 27.9 Å². The molecule has 30 heavy (non-hydrogen) atoms. The van der Waals surface area contributed by atoms with Gasteiger partial charge in [0.1, 0.15) is 17.7 Å². The maximum absolute atomic E-state index is 14.6. The molecule has 1 aliphatic rings. The van der Waals surface area contributed by atoms with E-state index in [-0.39, 0.29) is 28.4 Å². The van der Waals surface area contributed by atoms with E-state index in [2.05, 4.69) is 10.1 Å². The summed E-state index contributed by atoms with van der Waals surface area (Å²) >= 11 is 0.733. The lowest BCUT2D eigenvalue weighted by Gasteiger charge is -2.14. The average molecular weight is 431 g/mol. The number of aromatic nitrogens is 1. The maximum atomic E-state index is 14.6. The normalized spacial score (nSPS) is 18.0. The monoisotopic (exact) mass is 431 g/mol. The molecule has 4 rings (SSSR count). The number of hydrazone groups is 1. The van der Waals surface area contributed by atoms with Crippen LogP contribution in [-0.2, 0) is 0 Å². The van der Waals surface area contributed by atoms with Crippen molar-refractivity contribution in [3.8, 4) is 11.3 Å². The van der Waals surface area contributed by atoms with Gasteiger partial charge in [-0.25, -0.2) is 23.6 Å². The molecular weight excluding hydrogens is 415 g/mol. The van der Waals surface area contributed by atoms with Crippen molar-refractivity contribution in [3.63, 3.8) is 0 Å². The van der Waals surface area contributed by atoms with Crippen molar-refractivity contribution >= 4 is 28.7 Å². The van der Waals surface area contributed by atoms with Crippen LogP contribution in [0, 0.1) is 17.9 Å². The lowest BCUT2D eigenvalue weighted by atomic mass is 10.1. The fourth-order valence-electron chi connectivity index (χ4n) is 2.99. The number of halogens is 3. The van der Waals surface area contributed by atoms with Crippen molar-refractivity contribution in [1.29, 1.82) is 0 Å². The van der Waals surface area contributed by atoms with Crippen molar-refractivity contribution in [2.24, 2.45) is 5.10 Å². The molecule has 9 heteroatoms. The highest BCUT2D eigenvalue weighted by Crippen LogP contribution is 2.39. The molecular formula is C21H16F3N3O2S. The van der Waals surface area contributed by atoms with E-state index < -0.39 is 29.1 Å². The Morgan fingerprint density at radius 1 is 1.30 bits per heavy atom. The fraction of sp³-hybridized carbons (Fsp3) is 0.190. The largest absolute Gasteiger partial charge is 0.478 e. The summed E-state index contributed by atoms with van der Waals surface area (Å²) in [5.74, 6) is -2.02. The standard InChI is InChI=1S/C21H16F3N3O2S/c1-11-3-2-4-12(7-11)18-19(24)30-21(26-18)27(17-9-16(17)23)25-10-13-5-6-14(22)8-15(13)20(28)29/h2-8,10,16-17H,9H2,1H3,(H,28,29)/b25-10+. The molecule has 1 saturated carbocycles. The lowest BCUT2D eigenvalue weighted by Crippen LogP contribution is -2.21. The van der Waals surface area contributed by atoms with Crippen LogP contribution in [-0.4, -0.2) is 34.5 Å². The van der Waals surface area contributed by atoms with Gasteiger partial charge < -0.3 is 5.11 Å². The molecule has 154 valence electrons. The highest BCUT2D eigenvalue weighted by molar-refractivity contribution is 7.14. The van der Waals surface area contributed by atoms with Crippen LogP contribution < -0.4 is 5.01 Å². The number of anilines is 1. The van der Waals surface area contributed by atoms with Gasteiger partial charge in [0.05, 0.1) is 17.8 Å². The van der Waals surface area contributed by atoms with Gasteiger partial charge in [-0.15, -0.1) is 0 Å². The predicted molar refractivity (Wildman–Crippen MR) is 109 cm³/mol. The topological polar surface area (TPSA) is 65.8 Å². The lowest BCUT2D eigenvalue weighted by molar-refractivity contribution is 0.0696. The van der Waals surface area contributed by atoms with Gasteiger partial charge in [-0.2, -0.15) is 9.49 Å². The number of carboxylic acids is 1. The summed E-state index contributed by atoms with van der Waals surface area (Å²) in [7, 11) is 0. The van der Waals surface area contributed by atoms with Gasteiger partial charge in [0.2, 0.25) is 10.3 Å². The van der Waals surface area contributed by atoms with Gasteiger partial charge in [0, 0.05) is 17.5 Å². The number of nitrogens with zero attached hydrogens (tertiary/aromatic N) is 3. The minimum absolute atomic E-state index is 0.140. The van der Waals surface area contributed by atoms with E-state index in [0.717, 1.165) is 29.0 Å². The van der Waals surface area contributed by atoms with Crippen molar-refractivity contribution in [3.05, 3.63) is 70.1 Å². The quantitative estimate of drug-likeness (QED) is 0.438. The second-order valence-corrected chi connectivity index (χ2v) is 7.86. The summed E-state index contributed by atoms with van der Waals surface area (Å²) in [5.41, 5.74) is 1.54.